The Morgan fingerprint density at radius 3 is 2.52 bits per heavy atom. The molecule has 1 heterocycles. The number of amides is 1. The molecule has 2 atom stereocenters. The van der Waals surface area contributed by atoms with Gasteiger partial charge in [-0.3, -0.25) is 0 Å². The number of nitrogens with one attached hydrogen (secondary N) is 1. The second-order valence-corrected chi connectivity index (χ2v) is 8.45. The van der Waals surface area contributed by atoms with Crippen LogP contribution in [0.25, 0.3) is 0 Å². The van der Waals surface area contributed by atoms with Crippen molar-refractivity contribution in [2.24, 2.45) is 5.92 Å². The van der Waals surface area contributed by atoms with Gasteiger partial charge >= 0.3 is 6.09 Å². The minimum absolute atomic E-state index is 0.140. The van der Waals surface area contributed by atoms with E-state index in [-0.39, 0.29) is 6.09 Å². The summed E-state index contributed by atoms with van der Waals surface area (Å²) in [4.78, 5) is 14.5. The van der Waals surface area contributed by atoms with Gasteiger partial charge < -0.3 is 15.0 Å². The lowest BCUT2D eigenvalue weighted by Gasteiger charge is -2.33. The van der Waals surface area contributed by atoms with Gasteiger partial charge in [0.25, 0.3) is 0 Å². The van der Waals surface area contributed by atoms with E-state index in [9.17, 15) is 4.79 Å². The van der Waals surface area contributed by atoms with Crippen molar-refractivity contribution in [2.75, 3.05) is 13.1 Å². The largest absolute Gasteiger partial charge is 0.444 e. The number of rotatable bonds is 6. The Bertz CT molecular complexity index is 350. The Balaban J connectivity index is 2.57. The molecule has 1 rings (SSSR count). The van der Waals surface area contributed by atoms with E-state index in [1.807, 2.05) is 25.7 Å². The molecule has 1 N–H and O–H groups in total. The number of carbonyl (C=O) groups excluding carboxylic acids is 1. The summed E-state index contributed by atoms with van der Waals surface area (Å²) in [5.74, 6) is 0.728. The first-order valence-electron chi connectivity index (χ1n) is 9.42. The summed E-state index contributed by atoms with van der Waals surface area (Å²) in [6.45, 7) is 14.4. The Labute approximate surface area is 143 Å². The standard InChI is InChI=1S/C19H38N2O2/c1-15(2)11-12-20-16(3)14-17-10-8-7-9-13-21(17)18(22)23-19(4,5)6/h15-17,20H,7-14H2,1-6H3. The maximum Gasteiger partial charge on any atom is 0.410 e. The number of hydrogen-bond donors (Lipinski definition) is 1. The lowest BCUT2D eigenvalue weighted by molar-refractivity contribution is 0.0150. The minimum Gasteiger partial charge on any atom is -0.444 e. The molecule has 1 amide bonds. The SMILES string of the molecule is CC(C)CCNC(C)CC1CCCCCN1C(=O)OC(C)(C)C. The van der Waals surface area contributed by atoms with Crippen LogP contribution in [0.15, 0.2) is 0 Å². The molecule has 2 unspecified atom stereocenters. The van der Waals surface area contributed by atoms with Crippen LogP contribution in [-0.2, 0) is 4.74 Å². The fraction of sp³-hybridized carbons (Fsp3) is 0.947. The van der Waals surface area contributed by atoms with Crippen LogP contribution in [0.5, 0.6) is 0 Å². The van der Waals surface area contributed by atoms with Crippen molar-refractivity contribution in [1.82, 2.24) is 10.2 Å². The first kappa shape index (κ1) is 20.3. The van der Waals surface area contributed by atoms with E-state index < -0.39 is 5.60 Å². The Hall–Kier alpha value is -0.770. The maximum atomic E-state index is 12.5. The van der Waals surface area contributed by atoms with Crippen LogP contribution >= 0.6 is 0 Å². The molecule has 1 saturated heterocycles. The lowest BCUT2D eigenvalue weighted by Crippen LogP contribution is -2.45. The second-order valence-electron chi connectivity index (χ2n) is 8.45. The van der Waals surface area contributed by atoms with Gasteiger partial charge in [-0.15, -0.1) is 0 Å². The van der Waals surface area contributed by atoms with E-state index in [4.69, 9.17) is 4.74 Å². The summed E-state index contributed by atoms with van der Waals surface area (Å²) in [7, 11) is 0. The molecule has 0 spiro atoms. The molecule has 4 nitrogen and oxygen atoms in total. The molecule has 4 heteroatoms. The highest BCUT2D eigenvalue weighted by Crippen LogP contribution is 2.23. The third-order valence-electron chi connectivity index (χ3n) is 4.35. The molecule has 1 aliphatic rings. The highest BCUT2D eigenvalue weighted by Gasteiger charge is 2.30. The molecule has 0 aromatic carbocycles. The lowest BCUT2D eigenvalue weighted by atomic mass is 10.0. The third kappa shape index (κ3) is 8.59. The molecular formula is C19H38N2O2. The van der Waals surface area contributed by atoms with E-state index in [0.717, 1.165) is 38.3 Å². The van der Waals surface area contributed by atoms with Crippen molar-refractivity contribution in [2.45, 2.75) is 97.8 Å². The van der Waals surface area contributed by atoms with Gasteiger partial charge in [0.1, 0.15) is 5.60 Å². The number of nitrogens with zero attached hydrogens (tertiary/aromatic N) is 1. The van der Waals surface area contributed by atoms with Gasteiger partial charge in [0.05, 0.1) is 0 Å². The minimum atomic E-state index is -0.422. The number of carbonyl (C=O) groups is 1. The number of hydrogen-bond acceptors (Lipinski definition) is 3. The predicted molar refractivity (Wildman–Crippen MR) is 96.7 cm³/mol. The molecule has 0 aromatic rings. The van der Waals surface area contributed by atoms with Crippen LogP contribution < -0.4 is 5.32 Å². The molecular weight excluding hydrogens is 288 g/mol. The van der Waals surface area contributed by atoms with E-state index in [2.05, 4.69) is 26.1 Å². The van der Waals surface area contributed by atoms with Crippen molar-refractivity contribution in [3.05, 3.63) is 0 Å². The Kier molecular flexibility index (Phi) is 8.38. The average Bonchev–Trinajstić information content (AvgIpc) is 2.61. The van der Waals surface area contributed by atoms with Gasteiger partial charge in [-0.1, -0.05) is 26.7 Å². The summed E-state index contributed by atoms with van der Waals surface area (Å²) in [6, 6.07) is 0.732. The van der Waals surface area contributed by atoms with Crippen molar-refractivity contribution in [3.63, 3.8) is 0 Å². The van der Waals surface area contributed by atoms with Crippen molar-refractivity contribution in [1.29, 1.82) is 0 Å². The predicted octanol–water partition coefficient (Wildman–Crippen LogP) is 4.58. The molecule has 0 bridgehead atoms. The summed E-state index contributed by atoms with van der Waals surface area (Å²) >= 11 is 0. The second kappa shape index (κ2) is 9.51. The molecule has 0 aromatic heterocycles. The molecule has 23 heavy (non-hydrogen) atoms. The monoisotopic (exact) mass is 326 g/mol. The van der Waals surface area contributed by atoms with Crippen molar-refractivity contribution >= 4 is 6.09 Å². The highest BCUT2D eigenvalue weighted by atomic mass is 16.6. The molecule has 0 aliphatic carbocycles. The van der Waals surface area contributed by atoms with Crippen LogP contribution in [0.3, 0.4) is 0 Å². The van der Waals surface area contributed by atoms with Crippen LogP contribution in [0.1, 0.15) is 80.1 Å². The first-order valence-corrected chi connectivity index (χ1v) is 9.42. The smallest absolute Gasteiger partial charge is 0.410 e. The molecule has 1 aliphatic heterocycles. The summed E-state index contributed by atoms with van der Waals surface area (Å²) in [5, 5.41) is 3.61. The van der Waals surface area contributed by atoms with E-state index >= 15 is 0 Å². The fourth-order valence-corrected chi connectivity index (χ4v) is 3.09. The van der Waals surface area contributed by atoms with E-state index in [1.54, 1.807) is 0 Å². The Morgan fingerprint density at radius 2 is 1.91 bits per heavy atom. The first-order chi connectivity index (χ1) is 10.7. The van der Waals surface area contributed by atoms with Crippen molar-refractivity contribution < 1.29 is 9.53 Å². The van der Waals surface area contributed by atoms with Gasteiger partial charge in [0, 0.05) is 18.6 Å². The maximum absolute atomic E-state index is 12.5. The van der Waals surface area contributed by atoms with Gasteiger partial charge in [0.2, 0.25) is 0 Å². The zero-order chi connectivity index (χ0) is 17.5. The molecule has 1 fully saturated rings. The number of ether oxygens (including phenoxy) is 1. The molecule has 0 radical (unpaired) electrons. The van der Waals surface area contributed by atoms with Crippen LogP contribution in [0, 0.1) is 5.92 Å². The fourth-order valence-electron chi connectivity index (χ4n) is 3.09. The van der Waals surface area contributed by atoms with Crippen LogP contribution in [0.4, 0.5) is 4.79 Å². The molecule has 136 valence electrons. The van der Waals surface area contributed by atoms with Crippen molar-refractivity contribution in [3.8, 4) is 0 Å². The third-order valence-corrected chi connectivity index (χ3v) is 4.35. The van der Waals surface area contributed by atoms with Crippen LogP contribution in [-0.4, -0.2) is 41.8 Å². The van der Waals surface area contributed by atoms with E-state index in [0.29, 0.717) is 12.1 Å². The number of likely N-dealkylation sites (tertiary alicyclic amines) is 1. The Morgan fingerprint density at radius 1 is 1.22 bits per heavy atom. The zero-order valence-electron chi connectivity index (χ0n) is 16.2. The summed E-state index contributed by atoms with van der Waals surface area (Å²) in [6.07, 6.45) is 6.68. The zero-order valence-corrected chi connectivity index (χ0v) is 16.2. The summed E-state index contributed by atoms with van der Waals surface area (Å²) < 4.78 is 5.62. The quantitative estimate of drug-likeness (QED) is 0.777. The molecule has 0 saturated carbocycles. The topological polar surface area (TPSA) is 41.6 Å². The normalized spacial score (nSPS) is 21.2. The van der Waals surface area contributed by atoms with E-state index in [1.165, 1.54) is 19.3 Å². The summed E-state index contributed by atoms with van der Waals surface area (Å²) in [5.41, 5.74) is -0.422. The van der Waals surface area contributed by atoms with Gasteiger partial charge in [-0.2, -0.15) is 0 Å². The average molecular weight is 327 g/mol. The van der Waals surface area contributed by atoms with Gasteiger partial charge in [-0.25, -0.2) is 4.79 Å². The highest BCUT2D eigenvalue weighted by molar-refractivity contribution is 5.68. The van der Waals surface area contributed by atoms with Gasteiger partial charge in [-0.05, 0) is 65.8 Å². The van der Waals surface area contributed by atoms with Crippen LogP contribution in [0.2, 0.25) is 0 Å². The van der Waals surface area contributed by atoms with Gasteiger partial charge in [0.15, 0.2) is 0 Å².